The fraction of sp³-hybridized carbons (Fsp3) is 0.389. The number of nitrogens with one attached hydrogen (secondary N) is 1. The van der Waals surface area contributed by atoms with Crippen molar-refractivity contribution in [1.82, 2.24) is 9.55 Å². The molecule has 1 fully saturated rings. The van der Waals surface area contributed by atoms with E-state index in [0.717, 1.165) is 29.3 Å². The second-order valence-electron chi connectivity index (χ2n) is 6.65. The van der Waals surface area contributed by atoms with E-state index in [4.69, 9.17) is 13.7 Å². The van der Waals surface area contributed by atoms with Gasteiger partial charge in [0.2, 0.25) is 0 Å². The first kappa shape index (κ1) is 21.9. The van der Waals surface area contributed by atoms with Crippen molar-refractivity contribution < 1.29 is 31.3 Å². The Labute approximate surface area is 170 Å². The van der Waals surface area contributed by atoms with Gasteiger partial charge in [-0.3, -0.25) is 23.3 Å². The van der Waals surface area contributed by atoms with Gasteiger partial charge < -0.3 is 9.47 Å². The average Bonchev–Trinajstić information content (AvgIpc) is 2.96. The van der Waals surface area contributed by atoms with E-state index in [9.17, 15) is 27.2 Å². The first-order chi connectivity index (χ1) is 14.1. The molecule has 12 heteroatoms. The Morgan fingerprint density at radius 2 is 1.90 bits per heavy atom. The second-order valence-corrected chi connectivity index (χ2v) is 8.27. The maximum atomic E-state index is 15.0. The van der Waals surface area contributed by atoms with Crippen molar-refractivity contribution in [3.05, 3.63) is 62.9 Å². The number of nitrogens with zero attached hydrogens (tertiary/aromatic N) is 1. The van der Waals surface area contributed by atoms with Gasteiger partial charge in [-0.25, -0.2) is 9.18 Å². The first-order valence-corrected chi connectivity index (χ1v) is 10.2. The Kier molecular flexibility index (Phi) is 6.19. The van der Waals surface area contributed by atoms with Crippen LogP contribution in [0.3, 0.4) is 0 Å². The van der Waals surface area contributed by atoms with Gasteiger partial charge in [0, 0.05) is 19.2 Å². The van der Waals surface area contributed by atoms with Crippen LogP contribution in [0.5, 0.6) is 0 Å². The number of alkyl halides is 1. The molecule has 0 spiro atoms. The van der Waals surface area contributed by atoms with Gasteiger partial charge in [0.15, 0.2) is 18.5 Å². The van der Waals surface area contributed by atoms with E-state index in [1.165, 1.54) is 12.1 Å². The van der Waals surface area contributed by atoms with Gasteiger partial charge in [-0.1, -0.05) is 17.7 Å². The number of aromatic amines is 1. The molecular formula is C18H19FN2O8S. The molecule has 30 heavy (non-hydrogen) atoms. The van der Waals surface area contributed by atoms with E-state index in [1.807, 2.05) is 4.98 Å². The molecule has 4 atom stereocenters. The molecule has 1 aliphatic heterocycles. The fourth-order valence-electron chi connectivity index (χ4n) is 2.94. The Morgan fingerprint density at radius 3 is 2.50 bits per heavy atom. The van der Waals surface area contributed by atoms with Crippen molar-refractivity contribution in [3.63, 3.8) is 0 Å². The first-order valence-electron chi connectivity index (χ1n) is 8.83. The number of carbonyl (C=O) groups is 1. The van der Waals surface area contributed by atoms with Crippen LogP contribution in [-0.2, 0) is 28.6 Å². The number of rotatable bonds is 6. The molecule has 2 aromatic rings. The highest BCUT2D eigenvalue weighted by Gasteiger charge is 2.49. The molecule has 2 heterocycles. The third-order valence-corrected chi connectivity index (χ3v) is 5.69. The highest BCUT2D eigenvalue weighted by Crippen LogP contribution is 2.33. The van der Waals surface area contributed by atoms with Crippen LogP contribution in [0.25, 0.3) is 0 Å². The van der Waals surface area contributed by atoms with Crippen molar-refractivity contribution in [2.24, 2.45) is 0 Å². The molecule has 1 aromatic heterocycles. The lowest BCUT2D eigenvalue weighted by atomic mass is 10.1. The van der Waals surface area contributed by atoms with E-state index >= 15 is 0 Å². The lowest BCUT2D eigenvalue weighted by Crippen LogP contribution is -2.38. The number of aromatic nitrogens is 2. The number of aryl methyl sites for hydroxylation is 1. The molecular weight excluding hydrogens is 423 g/mol. The molecule has 1 aromatic carbocycles. The van der Waals surface area contributed by atoms with Gasteiger partial charge in [-0.15, -0.1) is 0 Å². The van der Waals surface area contributed by atoms with Crippen LogP contribution in [0.4, 0.5) is 4.39 Å². The highest BCUT2D eigenvalue weighted by atomic mass is 32.2. The maximum absolute atomic E-state index is 15.0. The SMILES string of the molecule is CC(=O)O[C@H]1[C@@H](F)[C@H](n2ccc(=O)[nH]c2=O)O[C@@H]1COS(=O)(=O)c1ccc(C)cc1. The summed E-state index contributed by atoms with van der Waals surface area (Å²) in [5, 5.41) is 0. The third-order valence-electron chi connectivity index (χ3n) is 4.39. The molecule has 0 radical (unpaired) electrons. The third kappa shape index (κ3) is 4.66. The number of carbonyl (C=O) groups excluding carboxylic acids is 1. The summed E-state index contributed by atoms with van der Waals surface area (Å²) in [6.07, 6.45) is -5.41. The summed E-state index contributed by atoms with van der Waals surface area (Å²) in [5.74, 6) is -0.827. The zero-order valence-electron chi connectivity index (χ0n) is 16.0. The van der Waals surface area contributed by atoms with Gasteiger partial charge in [0.25, 0.3) is 15.7 Å². The second kappa shape index (κ2) is 8.50. The number of ether oxygens (including phenoxy) is 2. The van der Waals surface area contributed by atoms with E-state index in [2.05, 4.69) is 0 Å². The summed E-state index contributed by atoms with van der Waals surface area (Å²) < 4.78 is 55.8. The number of hydrogen-bond donors (Lipinski definition) is 1. The lowest BCUT2D eigenvalue weighted by Gasteiger charge is -2.18. The zero-order valence-corrected chi connectivity index (χ0v) is 16.8. The summed E-state index contributed by atoms with van der Waals surface area (Å²) in [5.41, 5.74) is -0.784. The van der Waals surface area contributed by atoms with Crippen LogP contribution in [-0.4, -0.2) is 48.9 Å². The Hall–Kier alpha value is -2.83. The predicted octanol–water partition coefficient (Wildman–Crippen LogP) is 0.418. The van der Waals surface area contributed by atoms with Crippen LogP contribution in [0, 0.1) is 6.92 Å². The van der Waals surface area contributed by atoms with E-state index in [-0.39, 0.29) is 4.90 Å². The van der Waals surface area contributed by atoms with E-state index in [1.54, 1.807) is 19.1 Å². The molecule has 0 bridgehead atoms. The number of hydrogen-bond acceptors (Lipinski definition) is 8. The van der Waals surface area contributed by atoms with Crippen LogP contribution in [0.1, 0.15) is 18.7 Å². The fourth-order valence-corrected chi connectivity index (χ4v) is 3.86. The number of H-pyrrole nitrogens is 1. The van der Waals surface area contributed by atoms with E-state index < -0.39 is 58.6 Å². The Balaban J connectivity index is 1.82. The van der Waals surface area contributed by atoms with E-state index in [0.29, 0.717) is 0 Å². The largest absolute Gasteiger partial charge is 0.456 e. The standard InChI is InChI=1S/C18H19FN2O8S/c1-10-3-5-12(6-4-10)30(25,26)27-9-13-16(28-11(2)22)15(19)17(29-13)21-8-7-14(23)20-18(21)24/h3-8,13,15-17H,9H2,1-2H3,(H,20,23,24)/t13-,15-,16-,17-/m1/s1. The summed E-state index contributed by atoms with van der Waals surface area (Å²) in [6.45, 7) is 2.17. The molecule has 0 aliphatic carbocycles. The minimum atomic E-state index is -4.19. The van der Waals surface area contributed by atoms with Gasteiger partial charge >= 0.3 is 11.7 Å². The molecule has 0 unspecified atom stereocenters. The summed E-state index contributed by atoms with van der Waals surface area (Å²) in [4.78, 5) is 36.4. The minimum absolute atomic E-state index is 0.111. The molecule has 0 amide bonds. The predicted molar refractivity (Wildman–Crippen MR) is 100.0 cm³/mol. The molecule has 10 nitrogen and oxygen atoms in total. The smallest absolute Gasteiger partial charge is 0.330 e. The monoisotopic (exact) mass is 442 g/mol. The van der Waals surface area contributed by atoms with Gasteiger partial charge in [0.05, 0.1) is 11.5 Å². The minimum Gasteiger partial charge on any atom is -0.456 e. The number of esters is 1. The van der Waals surface area contributed by atoms with Gasteiger partial charge in [0.1, 0.15) is 6.10 Å². The van der Waals surface area contributed by atoms with Crippen molar-refractivity contribution in [2.75, 3.05) is 6.61 Å². The zero-order chi connectivity index (χ0) is 22.1. The van der Waals surface area contributed by atoms with Crippen molar-refractivity contribution in [2.45, 2.75) is 43.4 Å². The number of halogens is 1. The topological polar surface area (TPSA) is 134 Å². The molecule has 0 saturated carbocycles. The average molecular weight is 442 g/mol. The van der Waals surface area contributed by atoms with Crippen molar-refractivity contribution in [3.8, 4) is 0 Å². The lowest BCUT2D eigenvalue weighted by molar-refractivity contribution is -0.151. The molecule has 1 saturated heterocycles. The van der Waals surface area contributed by atoms with Gasteiger partial charge in [-0.05, 0) is 19.1 Å². The normalized spacial score (nSPS) is 24.0. The van der Waals surface area contributed by atoms with Crippen molar-refractivity contribution >= 4 is 16.1 Å². The molecule has 3 rings (SSSR count). The van der Waals surface area contributed by atoms with Crippen LogP contribution in [0.2, 0.25) is 0 Å². The summed E-state index contributed by atoms with van der Waals surface area (Å²) in [7, 11) is -4.19. The molecule has 162 valence electrons. The highest BCUT2D eigenvalue weighted by molar-refractivity contribution is 7.86. The molecule has 1 aliphatic rings. The van der Waals surface area contributed by atoms with Gasteiger partial charge in [-0.2, -0.15) is 8.42 Å². The Morgan fingerprint density at radius 1 is 1.23 bits per heavy atom. The van der Waals surface area contributed by atoms with Crippen LogP contribution in [0.15, 0.2) is 51.0 Å². The van der Waals surface area contributed by atoms with Crippen LogP contribution >= 0.6 is 0 Å². The number of benzene rings is 1. The molecule has 1 N–H and O–H groups in total. The Bertz CT molecular complexity index is 1140. The van der Waals surface area contributed by atoms with Crippen LogP contribution < -0.4 is 11.2 Å². The summed E-state index contributed by atoms with van der Waals surface area (Å²) in [6, 6.07) is 6.86. The maximum Gasteiger partial charge on any atom is 0.330 e. The summed E-state index contributed by atoms with van der Waals surface area (Å²) >= 11 is 0. The quantitative estimate of drug-likeness (QED) is 0.503. The van der Waals surface area contributed by atoms with Crippen molar-refractivity contribution in [1.29, 1.82) is 0 Å².